The third-order valence-electron chi connectivity index (χ3n) is 3.46. The van der Waals surface area contributed by atoms with E-state index in [4.69, 9.17) is 11.6 Å². The number of carbonyl (C=O) groups excluding carboxylic acids is 1. The molecule has 0 aliphatic carbocycles. The van der Waals surface area contributed by atoms with Gasteiger partial charge in [0.05, 0.1) is 22.3 Å². The third-order valence-corrected chi connectivity index (χ3v) is 3.71. The number of H-pyrrole nitrogens is 1. The van der Waals surface area contributed by atoms with Crippen molar-refractivity contribution in [3.05, 3.63) is 61.8 Å². The van der Waals surface area contributed by atoms with Crippen molar-refractivity contribution in [1.82, 2.24) is 14.5 Å². The molecule has 0 aliphatic heterocycles. The lowest BCUT2D eigenvalue weighted by Crippen LogP contribution is -2.33. The molecule has 0 spiro atoms. The molecule has 1 aromatic carbocycles. The summed E-state index contributed by atoms with van der Waals surface area (Å²) in [6.07, 6.45) is 0. The van der Waals surface area contributed by atoms with Gasteiger partial charge in [0.1, 0.15) is 0 Å². The number of nitrogens with one attached hydrogen (secondary N) is 2. The van der Waals surface area contributed by atoms with Gasteiger partial charge in [-0.3, -0.25) is 24.9 Å². The molecule has 8 heteroatoms. The van der Waals surface area contributed by atoms with E-state index in [-0.39, 0.29) is 5.56 Å². The molecule has 2 heterocycles. The van der Waals surface area contributed by atoms with Gasteiger partial charge in [0.25, 0.3) is 11.1 Å². The fraction of sp³-hybridized carbons (Fsp3) is 0.133. The van der Waals surface area contributed by atoms with Gasteiger partial charge < -0.3 is 0 Å². The highest BCUT2D eigenvalue weighted by atomic mass is 35.5. The van der Waals surface area contributed by atoms with Crippen molar-refractivity contribution in [3.8, 4) is 5.69 Å². The van der Waals surface area contributed by atoms with Crippen LogP contribution in [0.15, 0.2) is 39.9 Å². The Labute approximate surface area is 135 Å². The van der Waals surface area contributed by atoms with Crippen molar-refractivity contribution in [2.24, 2.45) is 0 Å². The van der Waals surface area contributed by atoms with Gasteiger partial charge in [0.2, 0.25) is 5.91 Å². The van der Waals surface area contributed by atoms with Crippen molar-refractivity contribution in [2.45, 2.75) is 13.8 Å². The number of fused-ring (bicyclic) bond motifs is 1. The third kappa shape index (κ3) is 2.55. The zero-order valence-electron chi connectivity index (χ0n) is 12.4. The van der Waals surface area contributed by atoms with Crippen molar-refractivity contribution in [2.75, 3.05) is 5.43 Å². The van der Waals surface area contributed by atoms with Crippen LogP contribution >= 0.6 is 11.6 Å². The molecule has 118 valence electrons. The first-order valence-electron chi connectivity index (χ1n) is 6.79. The maximum Gasteiger partial charge on any atom is 0.280 e. The number of aromatic nitrogens is 3. The summed E-state index contributed by atoms with van der Waals surface area (Å²) >= 11 is 5.85. The standard InChI is InChI=1S/C15H13ClN4O3/c1-8-14-12(7-13(22)19(8)17-9(2)21)18-20(15(14)23)11-5-3-10(16)4-6-11/h3-7,18H,1-2H3,(H,17,21). The lowest BCUT2D eigenvalue weighted by molar-refractivity contribution is -0.115. The Morgan fingerprint density at radius 3 is 2.48 bits per heavy atom. The maximum absolute atomic E-state index is 12.7. The lowest BCUT2D eigenvalue weighted by atomic mass is 10.2. The summed E-state index contributed by atoms with van der Waals surface area (Å²) in [6, 6.07) is 7.98. The van der Waals surface area contributed by atoms with E-state index in [1.807, 2.05) is 0 Å². The first-order chi connectivity index (χ1) is 10.9. The first kappa shape index (κ1) is 15.1. The Balaban J connectivity index is 2.29. The van der Waals surface area contributed by atoms with Crippen LogP contribution < -0.4 is 16.5 Å². The molecule has 0 fully saturated rings. The van der Waals surface area contributed by atoms with Crippen LogP contribution in [0.2, 0.25) is 5.02 Å². The number of rotatable bonds is 2. The molecular formula is C15H13ClN4O3. The second-order valence-corrected chi connectivity index (χ2v) is 5.53. The predicted molar refractivity (Wildman–Crippen MR) is 87.9 cm³/mol. The second kappa shape index (κ2) is 5.44. The quantitative estimate of drug-likeness (QED) is 0.746. The summed E-state index contributed by atoms with van der Waals surface area (Å²) in [7, 11) is 0. The van der Waals surface area contributed by atoms with E-state index in [1.54, 1.807) is 31.2 Å². The number of pyridine rings is 1. The predicted octanol–water partition coefficient (Wildman–Crippen LogP) is 1.53. The van der Waals surface area contributed by atoms with Gasteiger partial charge >= 0.3 is 0 Å². The highest BCUT2D eigenvalue weighted by Gasteiger charge is 2.15. The van der Waals surface area contributed by atoms with Crippen LogP contribution in [0.25, 0.3) is 16.6 Å². The number of nitrogens with zero attached hydrogens (tertiary/aromatic N) is 2. The fourth-order valence-corrected chi connectivity index (χ4v) is 2.57. The van der Waals surface area contributed by atoms with E-state index in [1.165, 1.54) is 17.7 Å². The number of hydrogen-bond acceptors (Lipinski definition) is 3. The SMILES string of the molecule is CC(=O)Nn1c(C)c2c(=O)n(-c3ccc(Cl)cc3)[nH]c2cc1=O. The summed E-state index contributed by atoms with van der Waals surface area (Å²) < 4.78 is 2.39. The summed E-state index contributed by atoms with van der Waals surface area (Å²) in [5.41, 5.74) is 2.99. The molecule has 3 aromatic rings. The normalized spacial score (nSPS) is 10.9. The second-order valence-electron chi connectivity index (χ2n) is 5.09. The van der Waals surface area contributed by atoms with E-state index >= 15 is 0 Å². The van der Waals surface area contributed by atoms with E-state index in [0.29, 0.717) is 27.3 Å². The van der Waals surface area contributed by atoms with Crippen LogP contribution in [0.1, 0.15) is 12.6 Å². The van der Waals surface area contributed by atoms with Crippen molar-refractivity contribution in [1.29, 1.82) is 0 Å². The summed E-state index contributed by atoms with van der Waals surface area (Å²) in [4.78, 5) is 36.0. The molecule has 0 saturated carbocycles. The molecule has 0 atom stereocenters. The van der Waals surface area contributed by atoms with Gasteiger partial charge in [-0.25, -0.2) is 9.36 Å². The summed E-state index contributed by atoms with van der Waals surface area (Å²) in [6.45, 7) is 2.89. The zero-order chi connectivity index (χ0) is 16.7. The van der Waals surface area contributed by atoms with Gasteiger partial charge in [-0.2, -0.15) is 0 Å². The Morgan fingerprint density at radius 2 is 1.87 bits per heavy atom. The molecule has 0 bridgehead atoms. The minimum Gasteiger partial charge on any atom is -0.290 e. The topological polar surface area (TPSA) is 88.9 Å². The molecule has 0 saturated heterocycles. The Morgan fingerprint density at radius 1 is 1.22 bits per heavy atom. The number of aryl methyl sites for hydroxylation is 1. The van der Waals surface area contributed by atoms with Crippen LogP contribution in [-0.4, -0.2) is 20.4 Å². The zero-order valence-corrected chi connectivity index (χ0v) is 13.1. The molecule has 2 aromatic heterocycles. The lowest BCUT2D eigenvalue weighted by Gasteiger charge is -2.09. The highest BCUT2D eigenvalue weighted by molar-refractivity contribution is 6.30. The van der Waals surface area contributed by atoms with Gasteiger partial charge in [-0.15, -0.1) is 0 Å². The number of aromatic amines is 1. The van der Waals surface area contributed by atoms with Crippen LogP contribution in [0, 0.1) is 6.92 Å². The monoisotopic (exact) mass is 332 g/mol. The molecule has 0 aliphatic rings. The van der Waals surface area contributed by atoms with Gasteiger partial charge in [0, 0.05) is 18.0 Å². The largest absolute Gasteiger partial charge is 0.290 e. The molecule has 0 unspecified atom stereocenters. The molecule has 0 radical (unpaired) electrons. The maximum atomic E-state index is 12.7. The number of carbonyl (C=O) groups is 1. The number of halogens is 1. The van der Waals surface area contributed by atoms with Crippen LogP contribution in [0.3, 0.4) is 0 Å². The smallest absolute Gasteiger partial charge is 0.280 e. The Kier molecular flexibility index (Phi) is 3.57. The molecule has 7 nitrogen and oxygen atoms in total. The van der Waals surface area contributed by atoms with Crippen molar-refractivity contribution < 1.29 is 4.79 Å². The molecule has 23 heavy (non-hydrogen) atoms. The molecule has 1 amide bonds. The van der Waals surface area contributed by atoms with E-state index in [0.717, 1.165) is 4.68 Å². The van der Waals surface area contributed by atoms with Gasteiger partial charge in [0.15, 0.2) is 0 Å². The Hall–Kier alpha value is -2.80. The van der Waals surface area contributed by atoms with Gasteiger partial charge in [-0.05, 0) is 31.2 Å². The number of amides is 1. The molecule has 3 rings (SSSR count). The fourth-order valence-electron chi connectivity index (χ4n) is 2.44. The highest BCUT2D eigenvalue weighted by Crippen LogP contribution is 2.15. The molecular weight excluding hydrogens is 320 g/mol. The van der Waals surface area contributed by atoms with Crippen LogP contribution in [0.4, 0.5) is 0 Å². The Bertz CT molecular complexity index is 1030. The molecule has 2 N–H and O–H groups in total. The van der Waals surface area contributed by atoms with E-state index in [2.05, 4.69) is 10.5 Å². The summed E-state index contributed by atoms with van der Waals surface area (Å²) in [5, 5.41) is 3.78. The number of hydrogen-bond donors (Lipinski definition) is 2. The average molecular weight is 333 g/mol. The van der Waals surface area contributed by atoms with Gasteiger partial charge in [-0.1, -0.05) is 11.6 Å². The number of benzene rings is 1. The first-order valence-corrected chi connectivity index (χ1v) is 7.17. The van der Waals surface area contributed by atoms with Crippen LogP contribution in [-0.2, 0) is 4.79 Å². The van der Waals surface area contributed by atoms with E-state index in [9.17, 15) is 14.4 Å². The van der Waals surface area contributed by atoms with Crippen molar-refractivity contribution >= 4 is 28.4 Å². The van der Waals surface area contributed by atoms with Crippen molar-refractivity contribution in [3.63, 3.8) is 0 Å². The summed E-state index contributed by atoms with van der Waals surface area (Å²) in [5.74, 6) is -0.400. The minimum absolute atomic E-state index is 0.320. The van der Waals surface area contributed by atoms with Crippen LogP contribution in [0.5, 0.6) is 0 Å². The average Bonchev–Trinajstić information content (AvgIpc) is 2.81. The minimum atomic E-state index is -0.435. The van der Waals surface area contributed by atoms with E-state index < -0.39 is 11.5 Å².